The topological polar surface area (TPSA) is 39.2 Å². The summed E-state index contributed by atoms with van der Waals surface area (Å²) < 4.78 is 7.17. The van der Waals surface area contributed by atoms with Crippen LogP contribution in [-0.4, -0.2) is 17.6 Å². The zero-order valence-corrected chi connectivity index (χ0v) is 12.7. The van der Waals surface area contributed by atoms with E-state index in [4.69, 9.17) is 4.74 Å². The number of aromatic nitrogens is 1. The van der Waals surface area contributed by atoms with Gasteiger partial charge in [-0.25, -0.2) is 0 Å². The van der Waals surface area contributed by atoms with Gasteiger partial charge in [0.2, 0.25) is 0 Å². The van der Waals surface area contributed by atoms with Gasteiger partial charge in [-0.1, -0.05) is 0 Å². The fourth-order valence-electron chi connectivity index (χ4n) is 1.69. The molecule has 0 bridgehead atoms. The fourth-order valence-corrected chi connectivity index (χ4v) is 3.39. The molecule has 0 N–H and O–H groups in total. The Bertz CT molecular complexity index is 580. The Hall–Kier alpha value is -0.940. The van der Waals surface area contributed by atoms with E-state index in [1.54, 1.807) is 11.3 Å². The highest BCUT2D eigenvalue weighted by atomic mass is 79.9. The number of carbonyl (C=O) groups excluding carboxylic acids is 1. The summed E-state index contributed by atoms with van der Waals surface area (Å²) in [6, 6.07) is 2.09. The molecular formula is C13H14BrNO2S. The zero-order valence-electron chi connectivity index (χ0n) is 10.3. The number of pyridine rings is 1. The third kappa shape index (κ3) is 2.90. The van der Waals surface area contributed by atoms with Crippen LogP contribution in [0.3, 0.4) is 0 Å². The van der Waals surface area contributed by atoms with Crippen molar-refractivity contribution in [2.24, 2.45) is 0 Å². The minimum Gasteiger partial charge on any atom is -0.466 e. The molecule has 0 saturated heterocycles. The van der Waals surface area contributed by atoms with Crippen LogP contribution in [0.4, 0.5) is 0 Å². The van der Waals surface area contributed by atoms with Gasteiger partial charge in [0.1, 0.15) is 0 Å². The van der Waals surface area contributed by atoms with Crippen molar-refractivity contribution in [1.29, 1.82) is 0 Å². The predicted octanol–water partition coefficient (Wildman–Crippen LogP) is 3.86. The van der Waals surface area contributed by atoms with E-state index in [2.05, 4.69) is 27.0 Å². The van der Waals surface area contributed by atoms with E-state index < -0.39 is 0 Å². The van der Waals surface area contributed by atoms with E-state index in [1.165, 1.54) is 9.58 Å². The first-order valence-corrected chi connectivity index (χ1v) is 7.42. The molecule has 0 atom stereocenters. The Kier molecular flexibility index (Phi) is 4.35. The molecule has 0 spiro atoms. The SMILES string of the molecule is CCOC(=O)CCc1cc2cnc(C)c(Br)c2s1. The third-order valence-electron chi connectivity index (χ3n) is 2.61. The van der Waals surface area contributed by atoms with E-state index in [0.29, 0.717) is 13.0 Å². The Morgan fingerprint density at radius 3 is 3.06 bits per heavy atom. The standard InChI is InChI=1S/C13H14BrNO2S/c1-3-17-11(16)5-4-10-6-9-7-15-8(2)12(14)13(9)18-10/h6-7H,3-5H2,1-2H3. The summed E-state index contributed by atoms with van der Waals surface area (Å²) in [6.07, 6.45) is 3.04. The Labute approximate surface area is 118 Å². The average molecular weight is 328 g/mol. The summed E-state index contributed by atoms with van der Waals surface area (Å²) in [4.78, 5) is 16.8. The molecule has 0 aliphatic rings. The number of ether oxygens (including phenoxy) is 1. The van der Waals surface area contributed by atoms with Gasteiger partial charge in [0.15, 0.2) is 0 Å². The van der Waals surface area contributed by atoms with Crippen LogP contribution in [0.15, 0.2) is 16.7 Å². The van der Waals surface area contributed by atoms with Gasteiger partial charge in [-0.15, -0.1) is 11.3 Å². The molecular weight excluding hydrogens is 314 g/mol. The van der Waals surface area contributed by atoms with Crippen LogP contribution >= 0.6 is 27.3 Å². The molecule has 2 aromatic heterocycles. The Morgan fingerprint density at radius 2 is 2.33 bits per heavy atom. The lowest BCUT2D eigenvalue weighted by atomic mass is 10.2. The lowest BCUT2D eigenvalue weighted by Gasteiger charge is -1.99. The lowest BCUT2D eigenvalue weighted by molar-refractivity contribution is -0.143. The zero-order chi connectivity index (χ0) is 13.1. The number of rotatable bonds is 4. The molecule has 2 aromatic rings. The highest BCUT2D eigenvalue weighted by Crippen LogP contribution is 2.33. The fraction of sp³-hybridized carbons (Fsp3) is 0.385. The maximum absolute atomic E-state index is 11.3. The molecule has 0 aliphatic heterocycles. The molecule has 0 saturated carbocycles. The molecule has 5 heteroatoms. The molecule has 2 rings (SSSR count). The first-order valence-electron chi connectivity index (χ1n) is 5.81. The number of esters is 1. The number of halogens is 1. The number of thiophene rings is 1. The van der Waals surface area contributed by atoms with E-state index >= 15 is 0 Å². The van der Waals surface area contributed by atoms with Crippen molar-refractivity contribution in [3.05, 3.63) is 27.3 Å². The normalized spacial score (nSPS) is 10.8. The number of hydrogen-bond donors (Lipinski definition) is 0. The monoisotopic (exact) mass is 327 g/mol. The van der Waals surface area contributed by atoms with Crippen LogP contribution in [0.1, 0.15) is 23.9 Å². The number of hydrogen-bond acceptors (Lipinski definition) is 4. The quantitative estimate of drug-likeness (QED) is 0.800. The number of nitrogens with zero attached hydrogens (tertiary/aromatic N) is 1. The first kappa shape index (κ1) is 13.5. The van der Waals surface area contributed by atoms with Gasteiger partial charge in [0.25, 0.3) is 0 Å². The third-order valence-corrected chi connectivity index (χ3v) is 5.07. The van der Waals surface area contributed by atoms with Crippen molar-refractivity contribution in [3.8, 4) is 0 Å². The summed E-state index contributed by atoms with van der Waals surface area (Å²) >= 11 is 5.26. The first-order chi connectivity index (χ1) is 8.61. The minimum atomic E-state index is -0.136. The van der Waals surface area contributed by atoms with E-state index in [9.17, 15) is 4.79 Å². The average Bonchev–Trinajstić information content (AvgIpc) is 2.76. The molecule has 0 unspecified atom stereocenters. The maximum atomic E-state index is 11.3. The maximum Gasteiger partial charge on any atom is 0.306 e. The number of fused-ring (bicyclic) bond motifs is 1. The Balaban J connectivity index is 2.16. The van der Waals surface area contributed by atoms with Crippen molar-refractivity contribution in [2.45, 2.75) is 26.7 Å². The second-order valence-corrected chi connectivity index (χ2v) is 5.89. The smallest absolute Gasteiger partial charge is 0.306 e. The van der Waals surface area contributed by atoms with Crippen molar-refractivity contribution in [3.63, 3.8) is 0 Å². The van der Waals surface area contributed by atoms with Gasteiger partial charge in [-0.2, -0.15) is 0 Å². The van der Waals surface area contributed by atoms with Gasteiger partial charge in [-0.05, 0) is 42.3 Å². The Morgan fingerprint density at radius 1 is 1.56 bits per heavy atom. The highest BCUT2D eigenvalue weighted by molar-refractivity contribution is 9.10. The molecule has 0 aliphatic carbocycles. The van der Waals surface area contributed by atoms with Crippen molar-refractivity contribution in [1.82, 2.24) is 4.98 Å². The highest BCUT2D eigenvalue weighted by Gasteiger charge is 2.09. The molecule has 0 radical (unpaired) electrons. The molecule has 3 nitrogen and oxygen atoms in total. The van der Waals surface area contributed by atoms with E-state index in [0.717, 1.165) is 22.0 Å². The van der Waals surface area contributed by atoms with Gasteiger partial charge < -0.3 is 4.74 Å². The lowest BCUT2D eigenvalue weighted by Crippen LogP contribution is -2.04. The minimum absolute atomic E-state index is 0.136. The van der Waals surface area contributed by atoms with Crippen molar-refractivity contribution < 1.29 is 9.53 Å². The molecule has 18 heavy (non-hydrogen) atoms. The van der Waals surface area contributed by atoms with Crippen LogP contribution in [0.25, 0.3) is 10.1 Å². The summed E-state index contributed by atoms with van der Waals surface area (Å²) in [6.45, 7) is 4.24. The molecule has 96 valence electrons. The summed E-state index contributed by atoms with van der Waals surface area (Å²) in [5.74, 6) is -0.136. The molecule has 0 fully saturated rings. The van der Waals surface area contributed by atoms with Gasteiger partial charge in [0.05, 0.1) is 27.9 Å². The van der Waals surface area contributed by atoms with E-state index in [1.807, 2.05) is 20.0 Å². The van der Waals surface area contributed by atoms with Crippen molar-refractivity contribution >= 4 is 43.3 Å². The van der Waals surface area contributed by atoms with Crippen LogP contribution in [0, 0.1) is 6.92 Å². The van der Waals surface area contributed by atoms with E-state index in [-0.39, 0.29) is 5.97 Å². The van der Waals surface area contributed by atoms with Crippen molar-refractivity contribution in [2.75, 3.05) is 6.61 Å². The second-order valence-electron chi connectivity index (χ2n) is 3.96. The number of aryl methyl sites for hydroxylation is 2. The van der Waals surface area contributed by atoms with Gasteiger partial charge >= 0.3 is 5.97 Å². The number of carbonyl (C=O) groups is 1. The van der Waals surface area contributed by atoms with Crippen LogP contribution < -0.4 is 0 Å². The van der Waals surface area contributed by atoms with Crippen LogP contribution in [0.2, 0.25) is 0 Å². The van der Waals surface area contributed by atoms with Crippen LogP contribution in [-0.2, 0) is 16.0 Å². The molecule has 2 heterocycles. The van der Waals surface area contributed by atoms with Gasteiger partial charge in [0, 0.05) is 16.5 Å². The summed E-state index contributed by atoms with van der Waals surface area (Å²) in [7, 11) is 0. The predicted molar refractivity (Wildman–Crippen MR) is 77.0 cm³/mol. The largest absolute Gasteiger partial charge is 0.466 e. The summed E-state index contributed by atoms with van der Waals surface area (Å²) in [5.41, 5.74) is 0.987. The second kappa shape index (κ2) is 5.80. The van der Waals surface area contributed by atoms with Gasteiger partial charge in [-0.3, -0.25) is 9.78 Å². The van der Waals surface area contributed by atoms with Crippen LogP contribution in [0.5, 0.6) is 0 Å². The molecule has 0 amide bonds. The summed E-state index contributed by atoms with van der Waals surface area (Å²) in [5, 5.41) is 1.12. The molecule has 0 aromatic carbocycles.